The molecule has 9 nitrogen and oxygen atoms in total. The number of hydrogen-bond donors (Lipinski definition) is 3. The number of nitrogens with zero attached hydrogens (tertiary/aromatic N) is 2. The van der Waals surface area contributed by atoms with Crippen LogP contribution in [-0.2, 0) is 9.53 Å². The summed E-state index contributed by atoms with van der Waals surface area (Å²) in [5.41, 5.74) is 0.626. The minimum atomic E-state index is -0.661. The highest BCUT2D eigenvalue weighted by atomic mass is 35.5. The van der Waals surface area contributed by atoms with Crippen LogP contribution in [0.4, 0.5) is 4.79 Å². The zero-order chi connectivity index (χ0) is 23.6. The lowest BCUT2D eigenvalue weighted by Gasteiger charge is -2.37. The zero-order valence-electron chi connectivity index (χ0n) is 19.0. The van der Waals surface area contributed by atoms with Crippen LogP contribution in [0.3, 0.4) is 0 Å². The number of hydrogen-bond acceptors (Lipinski definition) is 5. The van der Waals surface area contributed by atoms with E-state index in [1.54, 1.807) is 58.0 Å². The summed E-state index contributed by atoms with van der Waals surface area (Å²) in [6, 6.07) is 4.31. The number of ether oxygens (including phenoxy) is 1. The Morgan fingerprint density at radius 3 is 2.53 bits per heavy atom. The lowest BCUT2D eigenvalue weighted by Crippen LogP contribution is -2.56. The summed E-state index contributed by atoms with van der Waals surface area (Å²) in [5.74, 6) is -0.480. The minimum absolute atomic E-state index is 0.0000665. The Balaban J connectivity index is 1.75. The molecule has 1 aliphatic carbocycles. The first kappa shape index (κ1) is 23.8. The van der Waals surface area contributed by atoms with Crippen molar-refractivity contribution in [1.29, 1.82) is 0 Å². The van der Waals surface area contributed by atoms with Crippen LogP contribution in [0.1, 0.15) is 50.7 Å². The van der Waals surface area contributed by atoms with Gasteiger partial charge in [0.2, 0.25) is 5.91 Å². The molecule has 1 aromatic carbocycles. The summed E-state index contributed by atoms with van der Waals surface area (Å²) in [5, 5.41) is 6.33. The molecular formula is C22H30ClN5O4. The van der Waals surface area contributed by atoms with E-state index in [1.807, 2.05) is 0 Å². The van der Waals surface area contributed by atoms with Gasteiger partial charge in [0.05, 0.1) is 17.1 Å². The summed E-state index contributed by atoms with van der Waals surface area (Å²) in [6.07, 6.45) is 0.946. The van der Waals surface area contributed by atoms with Crippen LogP contribution >= 0.6 is 11.6 Å². The molecule has 3 rings (SSSR count). The molecule has 0 spiro atoms. The molecule has 0 bridgehead atoms. The number of aromatic nitrogens is 2. The number of halogens is 1. The Bertz CT molecular complexity index is 1010. The normalized spacial score (nSPS) is 21.1. The van der Waals surface area contributed by atoms with Gasteiger partial charge in [-0.05, 0) is 58.2 Å². The van der Waals surface area contributed by atoms with Crippen molar-refractivity contribution >= 4 is 40.5 Å². The van der Waals surface area contributed by atoms with Gasteiger partial charge in [-0.2, -0.15) is 0 Å². The monoisotopic (exact) mass is 463 g/mol. The van der Waals surface area contributed by atoms with E-state index in [2.05, 4.69) is 20.6 Å². The average molecular weight is 464 g/mol. The Hall–Kier alpha value is -2.81. The van der Waals surface area contributed by atoms with Crippen molar-refractivity contribution in [2.24, 2.45) is 5.92 Å². The van der Waals surface area contributed by atoms with Gasteiger partial charge in [-0.25, -0.2) is 9.78 Å². The van der Waals surface area contributed by atoms with Crippen molar-refractivity contribution in [2.75, 3.05) is 14.1 Å². The van der Waals surface area contributed by atoms with Gasteiger partial charge in [0.1, 0.15) is 5.60 Å². The van der Waals surface area contributed by atoms with E-state index < -0.39 is 23.6 Å². The second-order valence-corrected chi connectivity index (χ2v) is 9.76. The van der Waals surface area contributed by atoms with Gasteiger partial charge in [0, 0.05) is 31.1 Å². The van der Waals surface area contributed by atoms with E-state index in [0.717, 1.165) is 0 Å². The van der Waals surface area contributed by atoms with Crippen LogP contribution in [0.25, 0.3) is 11.0 Å². The molecule has 0 radical (unpaired) electrons. The fourth-order valence-electron chi connectivity index (χ4n) is 3.87. The van der Waals surface area contributed by atoms with Crippen LogP contribution in [0.2, 0.25) is 5.02 Å². The van der Waals surface area contributed by atoms with Crippen molar-refractivity contribution < 1.29 is 19.1 Å². The summed E-state index contributed by atoms with van der Waals surface area (Å²) >= 11 is 6.00. The number of rotatable bonds is 4. The number of amides is 3. The molecule has 0 aliphatic heterocycles. The van der Waals surface area contributed by atoms with Crippen molar-refractivity contribution in [1.82, 2.24) is 25.5 Å². The Kier molecular flexibility index (Phi) is 6.97. The van der Waals surface area contributed by atoms with E-state index in [0.29, 0.717) is 35.3 Å². The Morgan fingerprint density at radius 2 is 1.88 bits per heavy atom. The first-order valence-corrected chi connectivity index (χ1v) is 11.0. The summed E-state index contributed by atoms with van der Waals surface area (Å²) in [4.78, 5) is 46.7. The maximum absolute atomic E-state index is 12.9. The third-order valence-electron chi connectivity index (χ3n) is 5.32. The molecule has 0 unspecified atom stereocenters. The highest BCUT2D eigenvalue weighted by molar-refractivity contribution is 6.31. The van der Waals surface area contributed by atoms with Crippen molar-refractivity contribution in [3.63, 3.8) is 0 Å². The quantitative estimate of drug-likeness (QED) is 0.644. The molecule has 174 valence electrons. The van der Waals surface area contributed by atoms with Gasteiger partial charge in [-0.15, -0.1) is 0 Å². The fourth-order valence-corrected chi connectivity index (χ4v) is 4.04. The number of fused-ring (bicyclic) bond motifs is 1. The first-order chi connectivity index (χ1) is 14.9. The molecule has 1 aliphatic rings. The van der Waals surface area contributed by atoms with E-state index in [1.165, 1.54) is 0 Å². The van der Waals surface area contributed by atoms with E-state index >= 15 is 0 Å². The number of carbonyl (C=O) groups is 3. The van der Waals surface area contributed by atoms with E-state index in [-0.39, 0.29) is 23.7 Å². The van der Waals surface area contributed by atoms with Crippen LogP contribution in [0.15, 0.2) is 18.2 Å². The molecule has 32 heavy (non-hydrogen) atoms. The highest BCUT2D eigenvalue weighted by Crippen LogP contribution is 2.27. The standard InChI is InChI=1S/C22H30ClN5O4/c1-22(2,3)32-21(31)27-16-10-12(20(30)28(4)5)6-8-15(16)26-19(29)18-24-14-9-7-13(23)11-17(14)25-18/h7,9,11-12,15-16H,6,8,10H2,1-5H3,(H,24,25)(H,26,29)(H,27,31)/t12-,15-,16+/m0/s1. The molecular weight excluding hydrogens is 434 g/mol. The summed E-state index contributed by atoms with van der Waals surface area (Å²) in [7, 11) is 3.42. The van der Waals surface area contributed by atoms with Crippen molar-refractivity contribution in [2.45, 2.75) is 57.7 Å². The van der Waals surface area contributed by atoms with Gasteiger partial charge < -0.3 is 25.3 Å². The second kappa shape index (κ2) is 9.36. The van der Waals surface area contributed by atoms with Crippen LogP contribution < -0.4 is 10.6 Å². The van der Waals surface area contributed by atoms with Crippen LogP contribution in [0, 0.1) is 5.92 Å². The van der Waals surface area contributed by atoms with Gasteiger partial charge in [-0.3, -0.25) is 9.59 Å². The highest BCUT2D eigenvalue weighted by Gasteiger charge is 2.37. The molecule has 1 fully saturated rings. The predicted molar refractivity (Wildman–Crippen MR) is 122 cm³/mol. The Labute approximate surface area is 192 Å². The minimum Gasteiger partial charge on any atom is -0.444 e. The molecule has 3 amide bonds. The number of nitrogens with one attached hydrogen (secondary N) is 3. The number of aromatic amines is 1. The smallest absolute Gasteiger partial charge is 0.407 e. The molecule has 1 heterocycles. The van der Waals surface area contributed by atoms with Crippen molar-refractivity contribution in [3.8, 4) is 0 Å². The number of benzene rings is 1. The fraction of sp³-hybridized carbons (Fsp3) is 0.545. The summed E-state index contributed by atoms with van der Waals surface area (Å²) < 4.78 is 5.38. The molecule has 3 N–H and O–H groups in total. The maximum Gasteiger partial charge on any atom is 0.407 e. The molecule has 3 atom stereocenters. The SMILES string of the molecule is CN(C)C(=O)[C@H]1CC[C@H](NC(=O)c2nc3cc(Cl)ccc3[nH]2)[C@H](NC(=O)OC(C)(C)C)C1. The maximum atomic E-state index is 12.9. The van der Waals surface area contributed by atoms with Gasteiger partial charge in [0.15, 0.2) is 5.82 Å². The lowest BCUT2D eigenvalue weighted by atomic mass is 9.81. The predicted octanol–water partition coefficient (Wildman–Crippen LogP) is 3.10. The number of carbonyl (C=O) groups excluding carboxylic acids is 3. The lowest BCUT2D eigenvalue weighted by molar-refractivity contribution is -0.134. The number of alkyl carbamates (subject to hydrolysis) is 1. The summed E-state index contributed by atoms with van der Waals surface area (Å²) in [6.45, 7) is 5.33. The van der Waals surface area contributed by atoms with E-state index in [4.69, 9.17) is 16.3 Å². The largest absolute Gasteiger partial charge is 0.444 e. The van der Waals surface area contributed by atoms with Gasteiger partial charge in [0.25, 0.3) is 5.91 Å². The first-order valence-electron chi connectivity index (χ1n) is 10.6. The zero-order valence-corrected chi connectivity index (χ0v) is 19.7. The van der Waals surface area contributed by atoms with E-state index in [9.17, 15) is 14.4 Å². The topological polar surface area (TPSA) is 116 Å². The van der Waals surface area contributed by atoms with Crippen molar-refractivity contribution in [3.05, 3.63) is 29.0 Å². The second-order valence-electron chi connectivity index (χ2n) is 9.32. The van der Waals surface area contributed by atoms with Gasteiger partial charge >= 0.3 is 6.09 Å². The molecule has 0 saturated heterocycles. The number of imidazole rings is 1. The van der Waals surface area contributed by atoms with Crippen LogP contribution in [0.5, 0.6) is 0 Å². The van der Waals surface area contributed by atoms with Crippen LogP contribution in [-0.4, -0.2) is 64.6 Å². The third kappa shape index (κ3) is 5.91. The molecule has 10 heteroatoms. The number of H-pyrrole nitrogens is 1. The molecule has 1 aromatic heterocycles. The third-order valence-corrected chi connectivity index (χ3v) is 5.55. The Morgan fingerprint density at radius 1 is 1.16 bits per heavy atom. The molecule has 1 saturated carbocycles. The molecule has 2 aromatic rings. The average Bonchev–Trinajstić information content (AvgIpc) is 3.10. The van der Waals surface area contributed by atoms with Gasteiger partial charge in [-0.1, -0.05) is 11.6 Å².